The fraction of sp³-hybridized carbons (Fsp3) is 0.143. The monoisotopic (exact) mass is 390 g/mol. The van der Waals surface area contributed by atoms with Crippen molar-refractivity contribution in [2.75, 3.05) is 0 Å². The lowest BCUT2D eigenvalue weighted by Gasteiger charge is -2.11. The Labute approximate surface area is 127 Å². The third-order valence-corrected chi connectivity index (χ3v) is 4.30. The second-order valence-corrected chi connectivity index (χ2v) is 6.37. The van der Waals surface area contributed by atoms with Crippen LogP contribution in [-0.2, 0) is 6.42 Å². The third kappa shape index (κ3) is 3.56. The molecule has 0 aliphatic carbocycles. The lowest BCUT2D eigenvalue weighted by Crippen LogP contribution is -1.96. The van der Waals surface area contributed by atoms with E-state index < -0.39 is 0 Å². The topological polar surface area (TPSA) is 0 Å². The van der Waals surface area contributed by atoms with E-state index in [2.05, 4.69) is 31.9 Å². The van der Waals surface area contributed by atoms with E-state index in [1.807, 2.05) is 24.3 Å². The fourth-order valence-corrected chi connectivity index (χ4v) is 2.96. The molecule has 0 saturated heterocycles. The number of halogens is 4. The molecule has 0 N–H and O–H groups in total. The molecule has 0 aliphatic heterocycles. The molecule has 94 valence electrons. The zero-order valence-corrected chi connectivity index (χ0v) is 13.3. The lowest BCUT2D eigenvalue weighted by molar-refractivity contribution is 0.620. The molecule has 0 spiro atoms. The molecule has 1 atom stereocenters. The molecule has 18 heavy (non-hydrogen) atoms. The van der Waals surface area contributed by atoms with Gasteiger partial charge in [-0.25, -0.2) is 4.39 Å². The molecule has 2 aromatic rings. The van der Waals surface area contributed by atoms with Gasteiger partial charge in [-0.05, 0) is 57.7 Å². The van der Waals surface area contributed by atoms with Gasteiger partial charge in [0.15, 0.2) is 0 Å². The molecule has 0 radical (unpaired) electrons. The number of benzene rings is 2. The van der Waals surface area contributed by atoms with Crippen LogP contribution in [0.25, 0.3) is 0 Å². The van der Waals surface area contributed by atoms with Gasteiger partial charge in [0.05, 0.1) is 4.47 Å². The average Bonchev–Trinajstić information content (AvgIpc) is 2.32. The van der Waals surface area contributed by atoms with Gasteiger partial charge in [-0.1, -0.05) is 45.7 Å². The summed E-state index contributed by atoms with van der Waals surface area (Å²) in [4.78, 5) is 0.132. The third-order valence-electron chi connectivity index (χ3n) is 2.61. The highest BCUT2D eigenvalue weighted by Crippen LogP contribution is 2.30. The number of hydrogen-bond acceptors (Lipinski definition) is 0. The first kappa shape index (κ1) is 14.0. The predicted octanol–water partition coefficient (Wildman–Crippen LogP) is 5.92. The number of rotatable bonds is 3. The lowest BCUT2D eigenvalue weighted by atomic mass is 10.0. The van der Waals surface area contributed by atoms with Gasteiger partial charge >= 0.3 is 0 Å². The molecule has 0 fully saturated rings. The minimum absolute atomic E-state index is 0.132. The van der Waals surface area contributed by atoms with Gasteiger partial charge in [0.2, 0.25) is 0 Å². The van der Waals surface area contributed by atoms with Crippen LogP contribution in [-0.4, -0.2) is 0 Å². The predicted molar refractivity (Wildman–Crippen MR) is 80.9 cm³/mol. The summed E-state index contributed by atoms with van der Waals surface area (Å²) in [5.74, 6) is -0.249. The largest absolute Gasteiger partial charge is 0.206 e. The van der Waals surface area contributed by atoms with Gasteiger partial charge in [0.25, 0.3) is 0 Å². The van der Waals surface area contributed by atoms with Crippen LogP contribution in [0.5, 0.6) is 0 Å². The van der Waals surface area contributed by atoms with Crippen LogP contribution in [0.3, 0.4) is 0 Å². The second-order valence-electron chi connectivity index (χ2n) is 3.98. The Morgan fingerprint density at radius 2 is 1.94 bits per heavy atom. The molecular weight excluding hydrogens is 382 g/mol. The maximum atomic E-state index is 13.2. The summed E-state index contributed by atoms with van der Waals surface area (Å²) in [7, 11) is 0. The summed E-state index contributed by atoms with van der Waals surface area (Å²) in [6.07, 6.45) is 0.804. The SMILES string of the molecule is Fc1ccc(C(Br)Cc2cccc(Cl)c2)cc1Br. The van der Waals surface area contributed by atoms with E-state index in [1.54, 1.807) is 12.1 Å². The average molecular weight is 392 g/mol. The van der Waals surface area contributed by atoms with Crippen molar-refractivity contribution in [2.24, 2.45) is 0 Å². The molecule has 0 nitrogen and oxygen atoms in total. The van der Waals surface area contributed by atoms with Gasteiger partial charge in [-0.15, -0.1) is 0 Å². The van der Waals surface area contributed by atoms with E-state index in [4.69, 9.17) is 11.6 Å². The summed E-state index contributed by atoms with van der Waals surface area (Å²) < 4.78 is 13.6. The zero-order chi connectivity index (χ0) is 13.1. The highest BCUT2D eigenvalue weighted by atomic mass is 79.9. The van der Waals surface area contributed by atoms with Crippen LogP contribution in [0.2, 0.25) is 5.02 Å². The summed E-state index contributed by atoms with van der Waals surface area (Å²) >= 11 is 12.8. The Hall–Kier alpha value is -0.380. The molecule has 4 heteroatoms. The normalized spacial score (nSPS) is 12.4. The van der Waals surface area contributed by atoms with E-state index in [9.17, 15) is 4.39 Å². The van der Waals surface area contributed by atoms with Crippen LogP contribution in [0, 0.1) is 5.82 Å². The molecule has 0 heterocycles. The van der Waals surface area contributed by atoms with Crippen molar-refractivity contribution in [3.63, 3.8) is 0 Å². The fourth-order valence-electron chi connectivity index (χ4n) is 1.70. The van der Waals surface area contributed by atoms with Crippen molar-refractivity contribution >= 4 is 43.5 Å². The summed E-state index contributed by atoms with van der Waals surface area (Å²) in [5, 5.41) is 0.729. The standard InChI is InChI=1S/C14H10Br2ClF/c15-12(7-9-2-1-3-11(17)6-9)10-4-5-14(18)13(16)8-10/h1-6,8,12H,7H2. The Morgan fingerprint density at radius 1 is 1.17 bits per heavy atom. The number of alkyl halides is 1. The van der Waals surface area contributed by atoms with Crippen LogP contribution >= 0.6 is 43.5 Å². The van der Waals surface area contributed by atoms with Gasteiger partial charge in [0.1, 0.15) is 5.82 Å². The van der Waals surface area contributed by atoms with E-state index in [1.165, 1.54) is 6.07 Å². The Morgan fingerprint density at radius 3 is 2.61 bits per heavy atom. The molecular formula is C14H10Br2ClF. The van der Waals surface area contributed by atoms with Crippen LogP contribution in [0.15, 0.2) is 46.9 Å². The van der Waals surface area contributed by atoms with Crippen LogP contribution < -0.4 is 0 Å². The first-order chi connectivity index (χ1) is 8.56. The molecule has 0 amide bonds. The highest BCUT2D eigenvalue weighted by Gasteiger charge is 2.10. The van der Waals surface area contributed by atoms with E-state index >= 15 is 0 Å². The quantitative estimate of drug-likeness (QED) is 0.569. The number of hydrogen-bond donors (Lipinski definition) is 0. The van der Waals surface area contributed by atoms with Crippen molar-refractivity contribution in [3.05, 3.63) is 68.9 Å². The van der Waals surface area contributed by atoms with Crippen LogP contribution in [0.1, 0.15) is 16.0 Å². The van der Waals surface area contributed by atoms with Gasteiger partial charge in [-0.2, -0.15) is 0 Å². The first-order valence-corrected chi connectivity index (χ1v) is 7.48. The molecule has 2 rings (SSSR count). The van der Waals surface area contributed by atoms with E-state index in [-0.39, 0.29) is 10.6 Å². The Bertz CT molecular complexity index is 557. The van der Waals surface area contributed by atoms with Crippen molar-refractivity contribution in [3.8, 4) is 0 Å². The smallest absolute Gasteiger partial charge is 0.137 e. The molecule has 2 aromatic carbocycles. The molecule has 0 bridgehead atoms. The minimum Gasteiger partial charge on any atom is -0.206 e. The van der Waals surface area contributed by atoms with Crippen molar-refractivity contribution in [2.45, 2.75) is 11.2 Å². The maximum Gasteiger partial charge on any atom is 0.137 e. The Kier molecular flexibility index (Phi) is 4.82. The molecule has 1 unspecified atom stereocenters. The summed E-state index contributed by atoms with van der Waals surface area (Å²) in [6.45, 7) is 0. The maximum absolute atomic E-state index is 13.2. The first-order valence-electron chi connectivity index (χ1n) is 5.40. The van der Waals surface area contributed by atoms with E-state index in [0.717, 1.165) is 22.6 Å². The van der Waals surface area contributed by atoms with Crippen molar-refractivity contribution in [1.29, 1.82) is 0 Å². The minimum atomic E-state index is -0.249. The molecule has 0 aliphatic rings. The molecule has 0 aromatic heterocycles. The molecule has 0 saturated carbocycles. The summed E-state index contributed by atoms with van der Waals surface area (Å²) in [5.41, 5.74) is 2.17. The highest BCUT2D eigenvalue weighted by molar-refractivity contribution is 9.10. The van der Waals surface area contributed by atoms with Crippen molar-refractivity contribution < 1.29 is 4.39 Å². The van der Waals surface area contributed by atoms with Gasteiger partial charge in [-0.3, -0.25) is 0 Å². The van der Waals surface area contributed by atoms with Crippen LogP contribution in [0.4, 0.5) is 4.39 Å². The van der Waals surface area contributed by atoms with E-state index in [0.29, 0.717) is 4.47 Å². The van der Waals surface area contributed by atoms with Gasteiger partial charge in [0, 0.05) is 9.85 Å². The summed E-state index contributed by atoms with van der Waals surface area (Å²) in [6, 6.07) is 12.8. The Balaban J connectivity index is 2.16. The van der Waals surface area contributed by atoms with Crippen molar-refractivity contribution in [1.82, 2.24) is 0 Å². The zero-order valence-electron chi connectivity index (χ0n) is 9.34. The van der Waals surface area contributed by atoms with Gasteiger partial charge < -0.3 is 0 Å². The second kappa shape index (κ2) is 6.18.